The molecule has 3 rings (SSSR count). The van der Waals surface area contributed by atoms with E-state index in [1.54, 1.807) is 7.11 Å². The third-order valence-electron chi connectivity index (χ3n) is 5.42. The maximum absolute atomic E-state index is 11.3. The van der Waals surface area contributed by atoms with Crippen LogP contribution in [-0.2, 0) is 4.79 Å². The Morgan fingerprint density at radius 3 is 2.37 bits per heavy atom. The van der Waals surface area contributed by atoms with E-state index in [2.05, 4.69) is 22.3 Å². The molecule has 7 heteroatoms. The molecule has 2 fully saturated rings. The van der Waals surface area contributed by atoms with Crippen LogP contribution in [0.5, 0.6) is 11.5 Å². The molecule has 1 aliphatic heterocycles. The number of rotatable bonds is 5. The summed E-state index contributed by atoms with van der Waals surface area (Å²) in [4.78, 5) is 13.9. The van der Waals surface area contributed by atoms with Crippen LogP contribution in [0.15, 0.2) is 18.2 Å². The van der Waals surface area contributed by atoms with Crippen molar-refractivity contribution in [1.82, 2.24) is 10.2 Å². The summed E-state index contributed by atoms with van der Waals surface area (Å²) in [6, 6.07) is 6.48. The molecule has 2 aliphatic rings. The minimum absolute atomic E-state index is 0. The van der Waals surface area contributed by atoms with E-state index in [0.717, 1.165) is 26.2 Å². The van der Waals surface area contributed by atoms with E-state index in [9.17, 15) is 4.79 Å². The molecule has 0 bridgehead atoms. The number of nitrogens with one attached hydrogen (secondary N) is 1. The number of benzene rings is 1. The van der Waals surface area contributed by atoms with Crippen LogP contribution >= 0.6 is 24.8 Å². The molecule has 1 aromatic rings. The number of ether oxygens (including phenoxy) is 2. The van der Waals surface area contributed by atoms with Gasteiger partial charge >= 0.3 is 5.97 Å². The summed E-state index contributed by atoms with van der Waals surface area (Å²) in [5.41, 5.74) is 1.28. The predicted octanol–water partition coefficient (Wildman–Crippen LogP) is 3.99. The Kier molecular flexibility index (Phi) is 10.5. The third-order valence-corrected chi connectivity index (χ3v) is 5.42. The topological polar surface area (TPSA) is 50.8 Å². The van der Waals surface area contributed by atoms with E-state index in [-0.39, 0.29) is 30.8 Å². The summed E-state index contributed by atoms with van der Waals surface area (Å²) in [5, 5.41) is 3.45. The van der Waals surface area contributed by atoms with Gasteiger partial charge in [-0.15, -0.1) is 24.8 Å². The molecule has 1 N–H and O–H groups in total. The van der Waals surface area contributed by atoms with Crippen LogP contribution in [0, 0.1) is 5.92 Å². The molecule has 5 nitrogen and oxygen atoms in total. The van der Waals surface area contributed by atoms with E-state index in [1.165, 1.54) is 44.6 Å². The lowest BCUT2D eigenvalue weighted by Gasteiger charge is -2.41. The maximum atomic E-state index is 11.3. The lowest BCUT2D eigenvalue weighted by molar-refractivity contribution is -0.132. The van der Waals surface area contributed by atoms with Gasteiger partial charge in [-0.1, -0.05) is 25.3 Å². The van der Waals surface area contributed by atoms with Crippen LogP contribution in [0.4, 0.5) is 0 Å². The Labute approximate surface area is 175 Å². The fourth-order valence-electron chi connectivity index (χ4n) is 4.30. The van der Waals surface area contributed by atoms with E-state index in [0.29, 0.717) is 23.5 Å². The number of carbonyl (C=O) groups is 1. The highest BCUT2D eigenvalue weighted by atomic mass is 35.5. The molecule has 1 aliphatic carbocycles. The predicted molar refractivity (Wildman–Crippen MR) is 113 cm³/mol. The largest absolute Gasteiger partial charge is 0.493 e. The SMILES string of the molecule is COc1cc([C@H](C2CCCCC2)N2CCNCC2)ccc1OC(C)=O.Cl.Cl. The van der Waals surface area contributed by atoms with Crippen LogP contribution in [0.2, 0.25) is 0 Å². The summed E-state index contributed by atoms with van der Waals surface area (Å²) in [7, 11) is 1.63. The first kappa shape index (κ1) is 24.0. The lowest BCUT2D eigenvalue weighted by Crippen LogP contribution is -2.47. The van der Waals surface area contributed by atoms with Gasteiger partial charge in [-0.3, -0.25) is 9.69 Å². The molecule has 0 spiro atoms. The number of esters is 1. The lowest BCUT2D eigenvalue weighted by atomic mass is 9.80. The molecule has 1 heterocycles. The van der Waals surface area contributed by atoms with Crippen LogP contribution < -0.4 is 14.8 Å². The van der Waals surface area contributed by atoms with Crippen molar-refractivity contribution < 1.29 is 14.3 Å². The zero-order valence-corrected chi connectivity index (χ0v) is 17.9. The average Bonchev–Trinajstić information content (AvgIpc) is 2.64. The Hall–Kier alpha value is -1.01. The summed E-state index contributed by atoms with van der Waals surface area (Å²) in [5.74, 6) is 1.51. The number of methoxy groups -OCH3 is 1. The highest BCUT2D eigenvalue weighted by molar-refractivity contribution is 5.85. The molecule has 154 valence electrons. The Bertz CT molecular complexity index is 571. The standard InChI is InChI=1S/C20H30N2O3.2ClH/c1-15(23)25-18-9-8-17(14-19(18)24-2)20(16-6-4-3-5-7-16)22-12-10-21-11-13-22;;/h8-9,14,16,20-21H,3-7,10-13H2,1-2H3;2*1H/t20-;;/m0../s1. The monoisotopic (exact) mass is 418 g/mol. The maximum Gasteiger partial charge on any atom is 0.308 e. The Morgan fingerprint density at radius 1 is 1.11 bits per heavy atom. The van der Waals surface area contributed by atoms with E-state index in [4.69, 9.17) is 9.47 Å². The van der Waals surface area contributed by atoms with Gasteiger partial charge in [0.1, 0.15) is 0 Å². The molecular weight excluding hydrogens is 387 g/mol. The minimum Gasteiger partial charge on any atom is -0.493 e. The van der Waals surface area contributed by atoms with Gasteiger partial charge < -0.3 is 14.8 Å². The van der Waals surface area contributed by atoms with Crippen molar-refractivity contribution in [1.29, 1.82) is 0 Å². The van der Waals surface area contributed by atoms with Crippen LogP contribution in [0.1, 0.15) is 50.6 Å². The molecular formula is C20H32Cl2N2O3. The third kappa shape index (κ3) is 6.24. The second-order valence-corrected chi connectivity index (χ2v) is 7.13. The van der Waals surface area contributed by atoms with Gasteiger partial charge in [0.2, 0.25) is 0 Å². The number of nitrogens with zero attached hydrogens (tertiary/aromatic N) is 1. The smallest absolute Gasteiger partial charge is 0.308 e. The van der Waals surface area contributed by atoms with Crippen molar-refractivity contribution in [3.05, 3.63) is 23.8 Å². The highest BCUT2D eigenvalue weighted by Gasteiger charge is 2.31. The van der Waals surface area contributed by atoms with Crippen molar-refractivity contribution in [2.75, 3.05) is 33.3 Å². The summed E-state index contributed by atoms with van der Waals surface area (Å²) >= 11 is 0. The van der Waals surface area contributed by atoms with Crippen LogP contribution in [0.3, 0.4) is 0 Å². The van der Waals surface area contributed by atoms with Crippen LogP contribution in [-0.4, -0.2) is 44.2 Å². The number of halogens is 2. The van der Waals surface area contributed by atoms with Gasteiger partial charge in [0.25, 0.3) is 0 Å². The second kappa shape index (κ2) is 11.7. The first-order valence-electron chi connectivity index (χ1n) is 9.50. The average molecular weight is 419 g/mol. The second-order valence-electron chi connectivity index (χ2n) is 7.13. The number of carbonyl (C=O) groups excluding carboxylic acids is 1. The Balaban J connectivity index is 0.00000182. The molecule has 1 atom stereocenters. The molecule has 0 radical (unpaired) electrons. The molecule has 0 unspecified atom stereocenters. The van der Waals surface area contributed by atoms with Crippen molar-refractivity contribution in [2.45, 2.75) is 45.1 Å². The fraction of sp³-hybridized carbons (Fsp3) is 0.650. The first-order chi connectivity index (χ1) is 12.2. The highest BCUT2D eigenvalue weighted by Crippen LogP contribution is 2.41. The van der Waals surface area contributed by atoms with Gasteiger partial charge in [0.15, 0.2) is 11.5 Å². The molecule has 1 aromatic carbocycles. The van der Waals surface area contributed by atoms with Crippen LogP contribution in [0.25, 0.3) is 0 Å². The van der Waals surface area contributed by atoms with E-state index < -0.39 is 0 Å². The van der Waals surface area contributed by atoms with Gasteiger partial charge in [0, 0.05) is 39.1 Å². The van der Waals surface area contributed by atoms with Crippen molar-refractivity contribution in [2.24, 2.45) is 5.92 Å². The summed E-state index contributed by atoms with van der Waals surface area (Å²) in [6.07, 6.45) is 6.61. The first-order valence-corrected chi connectivity index (χ1v) is 9.50. The van der Waals surface area contributed by atoms with Gasteiger partial charge in [-0.2, -0.15) is 0 Å². The molecule has 1 saturated carbocycles. The Morgan fingerprint density at radius 2 is 1.78 bits per heavy atom. The van der Waals surface area contributed by atoms with Gasteiger partial charge in [0.05, 0.1) is 7.11 Å². The quantitative estimate of drug-likeness (QED) is 0.578. The minimum atomic E-state index is -0.322. The van der Waals surface area contributed by atoms with Crippen molar-refractivity contribution >= 4 is 30.8 Å². The molecule has 27 heavy (non-hydrogen) atoms. The normalized spacial score (nSPS) is 19.3. The molecule has 0 amide bonds. The molecule has 0 aromatic heterocycles. The summed E-state index contributed by atoms with van der Waals surface area (Å²) in [6.45, 7) is 5.67. The van der Waals surface area contributed by atoms with Gasteiger partial charge in [-0.05, 0) is 36.5 Å². The number of hydrogen-bond donors (Lipinski definition) is 1. The van der Waals surface area contributed by atoms with Gasteiger partial charge in [-0.25, -0.2) is 0 Å². The van der Waals surface area contributed by atoms with Crippen molar-refractivity contribution in [3.8, 4) is 11.5 Å². The zero-order valence-electron chi connectivity index (χ0n) is 16.2. The fourth-order valence-corrected chi connectivity index (χ4v) is 4.30. The van der Waals surface area contributed by atoms with E-state index in [1.807, 2.05) is 6.07 Å². The number of hydrogen-bond acceptors (Lipinski definition) is 5. The van der Waals surface area contributed by atoms with Crippen molar-refractivity contribution in [3.63, 3.8) is 0 Å². The summed E-state index contributed by atoms with van der Waals surface area (Å²) < 4.78 is 10.8. The zero-order chi connectivity index (χ0) is 17.6. The molecule has 1 saturated heterocycles. The number of piperazine rings is 1. The van der Waals surface area contributed by atoms with E-state index >= 15 is 0 Å².